The molecule has 2 heterocycles. The quantitative estimate of drug-likeness (QED) is 0.656. The van der Waals surface area contributed by atoms with Gasteiger partial charge >= 0.3 is 0 Å². The maximum absolute atomic E-state index is 5.52. The first-order valence-electron chi connectivity index (χ1n) is 10.3. The Balaban J connectivity index is 1.53. The molecule has 144 valence electrons. The van der Waals surface area contributed by atoms with E-state index in [4.69, 9.17) is 4.74 Å². The van der Waals surface area contributed by atoms with Crippen molar-refractivity contribution in [2.24, 2.45) is 0 Å². The van der Waals surface area contributed by atoms with Crippen LogP contribution in [-0.4, -0.2) is 44.8 Å². The molecule has 1 unspecified atom stereocenters. The number of anilines is 1. The lowest BCUT2D eigenvalue weighted by atomic mass is 9.83. The van der Waals surface area contributed by atoms with Crippen LogP contribution >= 0.6 is 0 Å². The van der Waals surface area contributed by atoms with Crippen LogP contribution in [0.3, 0.4) is 0 Å². The maximum atomic E-state index is 5.52. The Morgan fingerprint density at radius 3 is 2.68 bits per heavy atom. The Kier molecular flexibility index (Phi) is 4.58. The highest BCUT2D eigenvalue weighted by atomic mass is 16.5. The Hall–Kier alpha value is -2.36. The summed E-state index contributed by atoms with van der Waals surface area (Å²) >= 11 is 0. The second-order valence-corrected chi connectivity index (χ2v) is 8.29. The Morgan fingerprint density at radius 2 is 1.82 bits per heavy atom. The SMILES string of the molecule is Cc1cccc2cc(C3CN(C)Cc4cc(N5CCOCC5)ccc43)ccc12. The number of rotatable bonds is 2. The first-order valence-corrected chi connectivity index (χ1v) is 10.3. The van der Waals surface area contributed by atoms with Gasteiger partial charge in [0.15, 0.2) is 0 Å². The molecule has 0 bridgehead atoms. The largest absolute Gasteiger partial charge is 0.378 e. The van der Waals surface area contributed by atoms with E-state index in [1.165, 1.54) is 38.7 Å². The lowest BCUT2D eigenvalue weighted by Crippen LogP contribution is -2.36. The van der Waals surface area contributed by atoms with Gasteiger partial charge in [-0.15, -0.1) is 0 Å². The van der Waals surface area contributed by atoms with Crippen molar-refractivity contribution in [2.45, 2.75) is 19.4 Å². The fourth-order valence-corrected chi connectivity index (χ4v) is 4.82. The molecular weight excluding hydrogens is 344 g/mol. The van der Waals surface area contributed by atoms with Gasteiger partial charge < -0.3 is 14.5 Å². The van der Waals surface area contributed by atoms with E-state index in [1.807, 2.05) is 0 Å². The molecule has 0 spiro atoms. The van der Waals surface area contributed by atoms with Gasteiger partial charge in [-0.1, -0.05) is 42.5 Å². The van der Waals surface area contributed by atoms with Crippen molar-refractivity contribution in [3.05, 3.63) is 76.9 Å². The van der Waals surface area contributed by atoms with Crippen LogP contribution in [0.4, 0.5) is 5.69 Å². The number of benzene rings is 3. The zero-order valence-electron chi connectivity index (χ0n) is 16.8. The molecule has 2 aliphatic rings. The number of nitrogens with zero attached hydrogens (tertiary/aromatic N) is 2. The summed E-state index contributed by atoms with van der Waals surface area (Å²) in [4.78, 5) is 4.91. The van der Waals surface area contributed by atoms with Gasteiger partial charge in [-0.2, -0.15) is 0 Å². The Labute approximate surface area is 167 Å². The normalized spacial score (nSPS) is 20.4. The molecule has 1 saturated heterocycles. The van der Waals surface area contributed by atoms with E-state index >= 15 is 0 Å². The predicted octanol–water partition coefficient (Wildman–Crippen LogP) is 4.56. The molecule has 1 atom stereocenters. The number of fused-ring (bicyclic) bond motifs is 2. The van der Waals surface area contributed by atoms with E-state index in [9.17, 15) is 0 Å². The van der Waals surface area contributed by atoms with Crippen LogP contribution in [0.15, 0.2) is 54.6 Å². The average Bonchev–Trinajstić information content (AvgIpc) is 2.73. The summed E-state index contributed by atoms with van der Waals surface area (Å²) in [5.74, 6) is 0.428. The number of likely N-dealkylation sites (N-methyl/N-ethyl adjacent to an activating group) is 1. The van der Waals surface area contributed by atoms with Crippen molar-refractivity contribution in [1.29, 1.82) is 0 Å². The molecule has 0 radical (unpaired) electrons. The molecule has 3 aromatic carbocycles. The van der Waals surface area contributed by atoms with Crippen LogP contribution < -0.4 is 4.90 Å². The molecule has 1 fully saturated rings. The molecule has 0 saturated carbocycles. The highest BCUT2D eigenvalue weighted by Gasteiger charge is 2.26. The molecule has 0 aromatic heterocycles. The van der Waals surface area contributed by atoms with Gasteiger partial charge in [0.1, 0.15) is 0 Å². The van der Waals surface area contributed by atoms with E-state index in [0.717, 1.165) is 39.4 Å². The molecule has 5 rings (SSSR count). The number of hydrogen-bond donors (Lipinski definition) is 0. The maximum Gasteiger partial charge on any atom is 0.0642 e. The summed E-state index contributed by atoms with van der Waals surface area (Å²) in [6.07, 6.45) is 0. The fraction of sp³-hybridized carbons (Fsp3) is 0.360. The standard InChI is InChI=1S/C25H28N2O/c1-18-4-3-5-19-14-20(6-8-23(18)19)25-17-26(2)16-21-15-22(7-9-24(21)25)27-10-12-28-13-11-27/h3-9,14-15,25H,10-13,16-17H2,1-2H3. The topological polar surface area (TPSA) is 15.7 Å². The second kappa shape index (κ2) is 7.23. The van der Waals surface area contributed by atoms with Gasteiger partial charge in [-0.3, -0.25) is 0 Å². The van der Waals surface area contributed by atoms with Crippen LogP contribution in [-0.2, 0) is 11.3 Å². The van der Waals surface area contributed by atoms with Crippen molar-refractivity contribution in [2.75, 3.05) is 44.8 Å². The van der Waals surface area contributed by atoms with Crippen LogP contribution in [0.1, 0.15) is 28.2 Å². The minimum Gasteiger partial charge on any atom is -0.378 e. The summed E-state index contributed by atoms with van der Waals surface area (Å²) < 4.78 is 5.52. The van der Waals surface area contributed by atoms with Gasteiger partial charge in [0.25, 0.3) is 0 Å². The minimum absolute atomic E-state index is 0.428. The van der Waals surface area contributed by atoms with E-state index < -0.39 is 0 Å². The van der Waals surface area contributed by atoms with Crippen LogP contribution in [0.2, 0.25) is 0 Å². The molecule has 3 aromatic rings. The molecule has 0 amide bonds. The van der Waals surface area contributed by atoms with Crippen molar-refractivity contribution >= 4 is 16.5 Å². The van der Waals surface area contributed by atoms with E-state index in [0.29, 0.717) is 5.92 Å². The molecule has 2 aliphatic heterocycles. The smallest absolute Gasteiger partial charge is 0.0642 e. The lowest BCUT2D eigenvalue weighted by Gasteiger charge is -2.35. The third-order valence-corrected chi connectivity index (χ3v) is 6.34. The highest BCUT2D eigenvalue weighted by Crippen LogP contribution is 2.36. The summed E-state index contributed by atoms with van der Waals surface area (Å²) in [6, 6.07) is 20.7. The van der Waals surface area contributed by atoms with Gasteiger partial charge in [-0.05, 0) is 59.1 Å². The average molecular weight is 373 g/mol. The van der Waals surface area contributed by atoms with E-state index in [2.05, 4.69) is 78.4 Å². The van der Waals surface area contributed by atoms with Crippen LogP contribution in [0, 0.1) is 6.92 Å². The number of hydrogen-bond acceptors (Lipinski definition) is 3. The van der Waals surface area contributed by atoms with Crippen molar-refractivity contribution in [3.8, 4) is 0 Å². The van der Waals surface area contributed by atoms with Crippen molar-refractivity contribution in [1.82, 2.24) is 4.90 Å². The summed E-state index contributed by atoms with van der Waals surface area (Å²) in [5.41, 5.74) is 7.06. The third-order valence-electron chi connectivity index (χ3n) is 6.34. The first kappa shape index (κ1) is 17.7. The highest BCUT2D eigenvalue weighted by molar-refractivity contribution is 5.86. The molecule has 0 N–H and O–H groups in total. The zero-order chi connectivity index (χ0) is 19.1. The molecule has 0 aliphatic carbocycles. The zero-order valence-corrected chi connectivity index (χ0v) is 16.8. The van der Waals surface area contributed by atoms with Gasteiger partial charge in [0.2, 0.25) is 0 Å². The molecular formula is C25H28N2O. The molecule has 3 heteroatoms. The van der Waals surface area contributed by atoms with Gasteiger partial charge in [-0.25, -0.2) is 0 Å². The number of morpholine rings is 1. The summed E-state index contributed by atoms with van der Waals surface area (Å²) in [7, 11) is 2.24. The molecule has 3 nitrogen and oxygen atoms in total. The fourth-order valence-electron chi connectivity index (χ4n) is 4.82. The van der Waals surface area contributed by atoms with Crippen LogP contribution in [0.25, 0.3) is 10.8 Å². The van der Waals surface area contributed by atoms with Gasteiger partial charge in [0, 0.05) is 37.8 Å². The van der Waals surface area contributed by atoms with Crippen LogP contribution in [0.5, 0.6) is 0 Å². The molecule has 28 heavy (non-hydrogen) atoms. The van der Waals surface area contributed by atoms with Gasteiger partial charge in [0.05, 0.1) is 13.2 Å². The third kappa shape index (κ3) is 3.19. The lowest BCUT2D eigenvalue weighted by molar-refractivity contribution is 0.122. The summed E-state index contributed by atoms with van der Waals surface area (Å²) in [5, 5.41) is 2.70. The summed E-state index contributed by atoms with van der Waals surface area (Å²) in [6.45, 7) is 7.92. The monoisotopic (exact) mass is 372 g/mol. The number of aryl methyl sites for hydroxylation is 1. The van der Waals surface area contributed by atoms with E-state index in [1.54, 1.807) is 0 Å². The minimum atomic E-state index is 0.428. The first-order chi connectivity index (χ1) is 13.7. The Morgan fingerprint density at radius 1 is 0.964 bits per heavy atom. The van der Waals surface area contributed by atoms with Crippen molar-refractivity contribution in [3.63, 3.8) is 0 Å². The predicted molar refractivity (Wildman–Crippen MR) is 116 cm³/mol. The van der Waals surface area contributed by atoms with Crippen molar-refractivity contribution < 1.29 is 4.74 Å². The Bertz CT molecular complexity index is 1010. The second-order valence-electron chi connectivity index (χ2n) is 8.29. The number of ether oxygens (including phenoxy) is 1. The van der Waals surface area contributed by atoms with E-state index in [-0.39, 0.29) is 0 Å².